The van der Waals surface area contributed by atoms with Gasteiger partial charge in [0.2, 0.25) is 0 Å². The van der Waals surface area contributed by atoms with Crippen LogP contribution in [0.2, 0.25) is 0 Å². The number of esters is 2. The largest absolute Gasteiger partial charge is 0.462 e. The molecule has 0 radical (unpaired) electrons. The lowest BCUT2D eigenvalue weighted by Crippen LogP contribution is -2.21. The fourth-order valence-corrected chi connectivity index (χ4v) is 3.52. The summed E-state index contributed by atoms with van der Waals surface area (Å²) in [5, 5.41) is 2.97. The van der Waals surface area contributed by atoms with Gasteiger partial charge in [-0.05, 0) is 30.7 Å². The van der Waals surface area contributed by atoms with E-state index in [0.717, 1.165) is 10.4 Å². The summed E-state index contributed by atoms with van der Waals surface area (Å²) in [4.78, 5) is 41.1. The summed E-state index contributed by atoms with van der Waals surface area (Å²) < 4.78 is 10.1. The van der Waals surface area contributed by atoms with Crippen LogP contribution >= 0.6 is 11.3 Å². The number of nitrogens with one attached hydrogen (secondary N) is 1. The second kappa shape index (κ2) is 9.61. The molecule has 1 N–H and O–H groups in total. The van der Waals surface area contributed by atoms with Crippen LogP contribution in [0.5, 0.6) is 0 Å². The molecule has 0 bridgehead atoms. The molecule has 1 aromatic carbocycles. The van der Waals surface area contributed by atoms with Crippen molar-refractivity contribution in [3.63, 3.8) is 0 Å². The third-order valence-corrected chi connectivity index (χ3v) is 4.87. The Morgan fingerprint density at radius 1 is 1.03 bits per heavy atom. The van der Waals surface area contributed by atoms with Crippen LogP contribution in [-0.2, 0) is 14.3 Å². The minimum Gasteiger partial charge on any atom is -0.462 e. The highest BCUT2D eigenvalue weighted by Gasteiger charge is 2.20. The first-order chi connectivity index (χ1) is 14.1. The highest BCUT2D eigenvalue weighted by Crippen LogP contribution is 2.35. The standard InChI is InChI=1S/C21H18N2O5S/c1-2-27-21(26)16-11-17(14-7-4-3-5-8-14)29-19(16)23-18(24)13-28-20(25)15-9-6-10-22-12-15/h3-12H,2,13H2,1H3,(H,23,24). The zero-order valence-electron chi connectivity index (χ0n) is 15.6. The number of benzene rings is 1. The molecule has 1 amide bonds. The summed E-state index contributed by atoms with van der Waals surface area (Å²) in [5.41, 5.74) is 1.41. The number of pyridine rings is 1. The Morgan fingerprint density at radius 2 is 1.83 bits per heavy atom. The number of rotatable bonds is 7. The Kier molecular flexibility index (Phi) is 6.70. The van der Waals surface area contributed by atoms with Gasteiger partial charge in [-0.2, -0.15) is 0 Å². The lowest BCUT2D eigenvalue weighted by Gasteiger charge is -2.07. The molecule has 0 fully saturated rings. The number of carbonyl (C=O) groups excluding carboxylic acids is 3. The molecule has 3 aromatic rings. The van der Waals surface area contributed by atoms with Crippen LogP contribution in [0, 0.1) is 0 Å². The van der Waals surface area contributed by atoms with Crippen molar-refractivity contribution in [3.8, 4) is 10.4 Å². The molecule has 0 aliphatic rings. The maximum absolute atomic E-state index is 12.3. The number of carbonyl (C=O) groups is 3. The minimum atomic E-state index is -0.657. The van der Waals surface area contributed by atoms with Crippen LogP contribution in [-0.4, -0.2) is 36.0 Å². The summed E-state index contributed by atoms with van der Waals surface area (Å²) in [5.74, 6) is -1.75. The third-order valence-electron chi connectivity index (χ3n) is 3.77. The Morgan fingerprint density at radius 3 is 2.52 bits per heavy atom. The van der Waals surface area contributed by atoms with Gasteiger partial charge in [-0.3, -0.25) is 9.78 Å². The maximum atomic E-state index is 12.3. The van der Waals surface area contributed by atoms with Crippen LogP contribution < -0.4 is 5.32 Å². The Labute approximate surface area is 171 Å². The molecule has 0 aliphatic carbocycles. The quantitative estimate of drug-likeness (QED) is 0.596. The molecule has 2 aromatic heterocycles. The average molecular weight is 410 g/mol. The van der Waals surface area contributed by atoms with Crippen LogP contribution in [0.1, 0.15) is 27.6 Å². The van der Waals surface area contributed by atoms with Gasteiger partial charge in [-0.25, -0.2) is 9.59 Å². The molecule has 3 rings (SSSR count). The van der Waals surface area contributed by atoms with Gasteiger partial charge in [0.05, 0.1) is 17.7 Å². The van der Waals surface area contributed by atoms with Gasteiger partial charge in [0.25, 0.3) is 5.91 Å². The van der Waals surface area contributed by atoms with E-state index >= 15 is 0 Å². The van der Waals surface area contributed by atoms with Gasteiger partial charge in [0.15, 0.2) is 6.61 Å². The van der Waals surface area contributed by atoms with Crippen LogP contribution in [0.15, 0.2) is 60.9 Å². The number of aromatic nitrogens is 1. The summed E-state index contributed by atoms with van der Waals surface area (Å²) in [6.45, 7) is 1.43. The molecule has 0 spiro atoms. The van der Waals surface area contributed by atoms with Crippen molar-refractivity contribution >= 4 is 34.2 Å². The van der Waals surface area contributed by atoms with Crippen LogP contribution in [0.4, 0.5) is 5.00 Å². The highest BCUT2D eigenvalue weighted by atomic mass is 32.1. The Bertz CT molecular complexity index is 1000. The minimum absolute atomic E-state index is 0.214. The SMILES string of the molecule is CCOC(=O)c1cc(-c2ccccc2)sc1NC(=O)COC(=O)c1cccnc1. The highest BCUT2D eigenvalue weighted by molar-refractivity contribution is 7.20. The van der Waals surface area contributed by atoms with Crippen molar-refractivity contribution in [1.82, 2.24) is 4.98 Å². The predicted molar refractivity (Wildman–Crippen MR) is 109 cm³/mol. The second-order valence-electron chi connectivity index (χ2n) is 5.81. The number of hydrogen-bond donors (Lipinski definition) is 1. The van der Waals surface area contributed by atoms with Crippen molar-refractivity contribution in [2.24, 2.45) is 0 Å². The lowest BCUT2D eigenvalue weighted by atomic mass is 10.1. The molecule has 2 heterocycles. The summed E-state index contributed by atoms with van der Waals surface area (Å²) in [7, 11) is 0. The number of hydrogen-bond acceptors (Lipinski definition) is 7. The smallest absolute Gasteiger partial charge is 0.341 e. The second-order valence-corrected chi connectivity index (χ2v) is 6.86. The fourth-order valence-electron chi connectivity index (χ4n) is 2.45. The first-order valence-electron chi connectivity index (χ1n) is 8.82. The van der Waals surface area contributed by atoms with E-state index in [9.17, 15) is 14.4 Å². The van der Waals surface area contributed by atoms with E-state index in [1.807, 2.05) is 30.3 Å². The van der Waals surface area contributed by atoms with Crippen LogP contribution in [0.3, 0.4) is 0 Å². The summed E-state index contributed by atoms with van der Waals surface area (Å²) >= 11 is 1.24. The monoisotopic (exact) mass is 410 g/mol. The molecule has 0 aliphatic heterocycles. The van der Waals surface area contributed by atoms with Crippen molar-refractivity contribution in [3.05, 3.63) is 72.1 Å². The van der Waals surface area contributed by atoms with E-state index in [2.05, 4.69) is 10.3 Å². The molecule has 0 saturated carbocycles. The Hall–Kier alpha value is -3.52. The van der Waals surface area contributed by atoms with E-state index in [1.165, 1.54) is 29.8 Å². The van der Waals surface area contributed by atoms with Crippen molar-refractivity contribution in [2.75, 3.05) is 18.5 Å². The van der Waals surface area contributed by atoms with E-state index in [0.29, 0.717) is 5.00 Å². The maximum Gasteiger partial charge on any atom is 0.341 e. The predicted octanol–water partition coefficient (Wildman–Crippen LogP) is 3.78. The fraction of sp³-hybridized carbons (Fsp3) is 0.143. The van der Waals surface area contributed by atoms with Crippen LogP contribution in [0.25, 0.3) is 10.4 Å². The van der Waals surface area contributed by atoms with Crippen molar-refractivity contribution in [2.45, 2.75) is 6.92 Å². The molecule has 29 heavy (non-hydrogen) atoms. The number of anilines is 1. The summed E-state index contributed by atoms with van der Waals surface area (Å²) in [6, 6.07) is 14.3. The van der Waals surface area contributed by atoms with E-state index in [1.54, 1.807) is 19.1 Å². The zero-order chi connectivity index (χ0) is 20.6. The van der Waals surface area contributed by atoms with Gasteiger partial charge in [0.1, 0.15) is 5.00 Å². The molecule has 7 nitrogen and oxygen atoms in total. The van der Waals surface area contributed by atoms with Gasteiger partial charge < -0.3 is 14.8 Å². The molecular formula is C21H18N2O5S. The number of ether oxygens (including phenoxy) is 2. The van der Waals surface area contributed by atoms with Crippen molar-refractivity contribution in [1.29, 1.82) is 0 Å². The van der Waals surface area contributed by atoms with Gasteiger partial charge in [-0.1, -0.05) is 30.3 Å². The Balaban J connectivity index is 1.73. The number of amides is 1. The molecule has 0 saturated heterocycles. The number of thiophene rings is 1. The van der Waals surface area contributed by atoms with Gasteiger partial charge in [0, 0.05) is 17.3 Å². The topological polar surface area (TPSA) is 94.6 Å². The lowest BCUT2D eigenvalue weighted by molar-refractivity contribution is -0.119. The summed E-state index contributed by atoms with van der Waals surface area (Å²) in [6.07, 6.45) is 2.88. The molecule has 0 atom stereocenters. The number of nitrogens with zero attached hydrogens (tertiary/aromatic N) is 1. The average Bonchev–Trinajstić information content (AvgIpc) is 3.17. The normalized spacial score (nSPS) is 10.2. The molecule has 8 heteroatoms. The van der Waals surface area contributed by atoms with E-state index in [-0.39, 0.29) is 17.7 Å². The third kappa shape index (κ3) is 5.26. The van der Waals surface area contributed by atoms with E-state index in [4.69, 9.17) is 9.47 Å². The molecule has 0 unspecified atom stereocenters. The first kappa shape index (κ1) is 20.2. The van der Waals surface area contributed by atoms with E-state index < -0.39 is 24.5 Å². The van der Waals surface area contributed by atoms with Crippen molar-refractivity contribution < 1.29 is 23.9 Å². The van der Waals surface area contributed by atoms with Gasteiger partial charge in [-0.15, -0.1) is 11.3 Å². The zero-order valence-corrected chi connectivity index (χ0v) is 16.4. The molecule has 148 valence electrons. The van der Waals surface area contributed by atoms with Gasteiger partial charge >= 0.3 is 11.9 Å². The molecular weight excluding hydrogens is 392 g/mol. The first-order valence-corrected chi connectivity index (χ1v) is 9.63.